The Bertz CT molecular complexity index is 1500. The van der Waals surface area contributed by atoms with Gasteiger partial charge in [0, 0.05) is 24.4 Å². The number of benzene rings is 2. The van der Waals surface area contributed by atoms with Crippen LogP contribution in [0.15, 0.2) is 40.9 Å². The summed E-state index contributed by atoms with van der Waals surface area (Å²) in [6.07, 6.45) is 4.68. The molecule has 9 heteroatoms. The molecule has 1 amide bonds. The minimum Gasteiger partial charge on any atom is -0.495 e. The van der Waals surface area contributed by atoms with E-state index in [1.165, 1.54) is 0 Å². The lowest BCUT2D eigenvalue weighted by Crippen LogP contribution is -2.48. The zero-order valence-electron chi connectivity index (χ0n) is 22.0. The van der Waals surface area contributed by atoms with Crippen molar-refractivity contribution in [2.24, 2.45) is 0 Å². The number of aryl methyl sites for hydroxylation is 2. The van der Waals surface area contributed by atoms with E-state index in [0.29, 0.717) is 23.3 Å². The van der Waals surface area contributed by atoms with E-state index in [9.17, 15) is 4.79 Å². The first-order valence-corrected chi connectivity index (χ1v) is 13.4. The van der Waals surface area contributed by atoms with E-state index in [4.69, 9.17) is 30.6 Å². The van der Waals surface area contributed by atoms with Crippen molar-refractivity contribution in [1.82, 2.24) is 14.7 Å². The van der Waals surface area contributed by atoms with Crippen LogP contribution in [-0.2, 0) is 9.53 Å². The van der Waals surface area contributed by atoms with Crippen LogP contribution in [-0.4, -0.2) is 40.9 Å². The van der Waals surface area contributed by atoms with Crippen LogP contribution in [0.3, 0.4) is 0 Å². The Kier molecular flexibility index (Phi) is 6.40. The number of anilines is 1. The lowest BCUT2D eigenvalue weighted by molar-refractivity contribution is -0.124. The Hall–Kier alpha value is -3.36. The molecule has 8 nitrogen and oxygen atoms in total. The molecule has 4 aromatic rings. The van der Waals surface area contributed by atoms with Crippen LogP contribution >= 0.6 is 11.6 Å². The summed E-state index contributed by atoms with van der Waals surface area (Å²) >= 11 is 6.42. The van der Waals surface area contributed by atoms with Crippen LogP contribution in [0.2, 0.25) is 5.02 Å². The topological polar surface area (TPSA) is 82.6 Å². The molecule has 3 heterocycles. The van der Waals surface area contributed by atoms with Crippen molar-refractivity contribution in [2.45, 2.75) is 64.1 Å². The molecule has 2 fully saturated rings. The Labute approximate surface area is 226 Å². The number of halogens is 1. The normalized spacial score (nSPS) is 21.7. The Morgan fingerprint density at radius 1 is 1.05 bits per heavy atom. The molecule has 2 aromatic heterocycles. The van der Waals surface area contributed by atoms with Gasteiger partial charge in [0.1, 0.15) is 23.4 Å². The number of nitrogens with zero attached hydrogens (tertiary/aromatic N) is 4. The summed E-state index contributed by atoms with van der Waals surface area (Å²) in [6, 6.07) is 11.9. The standard InChI is InChI=1S/C29H31ClN4O4/c1-16-28(17(2)38-32-16)18-5-11-24-23(13-18)31-29(34(24)19-6-9-21(36-3)10-7-19)25-15-27(35)33(25)20-8-12-26(37-4)22(30)14-20/h5,8,11-14,19,21,25H,6-7,9-10,15H2,1-4H3/t19?,21?,25-/m1/s1. The van der Waals surface area contributed by atoms with Gasteiger partial charge in [-0.25, -0.2) is 4.98 Å². The Morgan fingerprint density at radius 2 is 1.84 bits per heavy atom. The minimum atomic E-state index is -0.179. The van der Waals surface area contributed by atoms with E-state index in [-0.39, 0.29) is 18.0 Å². The molecule has 0 spiro atoms. The van der Waals surface area contributed by atoms with Crippen LogP contribution in [0.1, 0.15) is 61.5 Å². The molecule has 2 aromatic carbocycles. The summed E-state index contributed by atoms with van der Waals surface area (Å²) in [4.78, 5) is 19.9. The average Bonchev–Trinajstić information content (AvgIpc) is 3.45. The second-order valence-electron chi connectivity index (χ2n) is 10.2. The van der Waals surface area contributed by atoms with Gasteiger partial charge in [-0.1, -0.05) is 22.8 Å². The van der Waals surface area contributed by atoms with E-state index >= 15 is 0 Å². The van der Waals surface area contributed by atoms with Gasteiger partial charge in [0.05, 0.1) is 41.4 Å². The lowest BCUT2D eigenvalue weighted by atomic mass is 9.91. The first-order valence-electron chi connectivity index (χ1n) is 13.0. The average molecular weight is 535 g/mol. The van der Waals surface area contributed by atoms with E-state index in [0.717, 1.165) is 70.8 Å². The lowest BCUT2D eigenvalue weighted by Gasteiger charge is -2.41. The maximum Gasteiger partial charge on any atom is 0.230 e. The number of ether oxygens (including phenoxy) is 2. The minimum absolute atomic E-state index is 0.0503. The fraction of sp³-hybridized carbons (Fsp3) is 0.414. The number of amides is 1. The summed E-state index contributed by atoms with van der Waals surface area (Å²) in [7, 11) is 3.37. The number of imidazole rings is 1. The van der Waals surface area contributed by atoms with Crippen LogP contribution in [0.5, 0.6) is 5.75 Å². The van der Waals surface area contributed by atoms with Gasteiger partial charge in [0.15, 0.2) is 0 Å². The zero-order chi connectivity index (χ0) is 26.6. The van der Waals surface area contributed by atoms with Crippen molar-refractivity contribution in [2.75, 3.05) is 19.1 Å². The molecule has 6 rings (SSSR count). The highest BCUT2D eigenvalue weighted by Crippen LogP contribution is 2.44. The zero-order valence-corrected chi connectivity index (χ0v) is 22.8. The monoisotopic (exact) mass is 534 g/mol. The molecule has 1 saturated heterocycles. The third-order valence-electron chi connectivity index (χ3n) is 8.04. The van der Waals surface area contributed by atoms with E-state index in [1.807, 2.05) is 19.9 Å². The van der Waals surface area contributed by atoms with Crippen molar-refractivity contribution in [3.63, 3.8) is 0 Å². The third-order valence-corrected chi connectivity index (χ3v) is 8.34. The van der Waals surface area contributed by atoms with E-state index < -0.39 is 0 Å². The van der Waals surface area contributed by atoms with Gasteiger partial charge < -0.3 is 23.5 Å². The van der Waals surface area contributed by atoms with Gasteiger partial charge in [-0.15, -0.1) is 0 Å². The fourth-order valence-electron chi connectivity index (χ4n) is 6.08. The SMILES string of the molecule is COc1ccc(N2C(=O)C[C@@H]2c2nc3cc(-c4c(C)noc4C)ccc3n2C2CCC(OC)CC2)cc1Cl. The van der Waals surface area contributed by atoms with Gasteiger partial charge in [-0.3, -0.25) is 4.79 Å². The Morgan fingerprint density at radius 3 is 2.47 bits per heavy atom. The third kappa shape index (κ3) is 4.07. The number of carbonyl (C=O) groups excluding carboxylic acids is 1. The molecule has 0 N–H and O–H groups in total. The van der Waals surface area contributed by atoms with Crippen molar-refractivity contribution >= 4 is 34.2 Å². The van der Waals surface area contributed by atoms with Gasteiger partial charge in [0.2, 0.25) is 5.91 Å². The van der Waals surface area contributed by atoms with Gasteiger partial charge >= 0.3 is 0 Å². The van der Waals surface area contributed by atoms with Crippen LogP contribution in [0, 0.1) is 13.8 Å². The number of hydrogen-bond acceptors (Lipinski definition) is 6. The van der Waals surface area contributed by atoms with Gasteiger partial charge in [0.25, 0.3) is 0 Å². The van der Waals surface area contributed by atoms with Gasteiger partial charge in [-0.05, 0) is 75.4 Å². The van der Waals surface area contributed by atoms with E-state index in [1.54, 1.807) is 31.3 Å². The van der Waals surface area contributed by atoms with Crippen molar-refractivity contribution in [1.29, 1.82) is 0 Å². The molecule has 1 aliphatic heterocycles. The maximum absolute atomic E-state index is 12.9. The fourth-order valence-corrected chi connectivity index (χ4v) is 6.33. The van der Waals surface area contributed by atoms with Gasteiger partial charge in [-0.2, -0.15) is 0 Å². The smallest absolute Gasteiger partial charge is 0.230 e. The summed E-state index contributed by atoms with van der Waals surface area (Å²) in [5, 5.41) is 4.60. The number of hydrogen-bond donors (Lipinski definition) is 0. The summed E-state index contributed by atoms with van der Waals surface area (Å²) in [5.74, 6) is 2.32. The van der Waals surface area contributed by atoms with Crippen molar-refractivity contribution in [3.8, 4) is 16.9 Å². The number of carbonyl (C=O) groups is 1. The molecule has 0 radical (unpaired) electrons. The maximum atomic E-state index is 12.9. The first-order chi connectivity index (χ1) is 18.4. The molecule has 198 valence electrons. The predicted molar refractivity (Wildman–Crippen MR) is 146 cm³/mol. The highest BCUT2D eigenvalue weighted by molar-refractivity contribution is 6.32. The number of aromatic nitrogens is 3. The van der Waals surface area contributed by atoms with E-state index in [2.05, 4.69) is 27.9 Å². The summed E-state index contributed by atoms with van der Waals surface area (Å²) < 4.78 is 18.7. The van der Waals surface area contributed by atoms with Crippen LogP contribution < -0.4 is 9.64 Å². The molecular formula is C29H31ClN4O4. The van der Waals surface area contributed by atoms with Crippen molar-refractivity contribution in [3.05, 3.63) is 58.7 Å². The number of β-lactam (4-membered cyclic amide) rings is 1. The largest absolute Gasteiger partial charge is 0.495 e. The van der Waals surface area contributed by atoms with Crippen molar-refractivity contribution < 1.29 is 18.8 Å². The first kappa shape index (κ1) is 24.9. The molecule has 38 heavy (non-hydrogen) atoms. The molecule has 1 saturated carbocycles. The Balaban J connectivity index is 1.45. The molecular weight excluding hydrogens is 504 g/mol. The molecule has 0 bridgehead atoms. The summed E-state index contributed by atoms with van der Waals surface area (Å²) in [5.41, 5.74) is 5.59. The second kappa shape index (κ2) is 9.75. The van der Waals surface area contributed by atoms with Crippen LogP contribution in [0.4, 0.5) is 5.69 Å². The summed E-state index contributed by atoms with van der Waals surface area (Å²) in [6.45, 7) is 3.88. The highest BCUT2D eigenvalue weighted by Gasteiger charge is 2.43. The molecule has 0 unspecified atom stereocenters. The predicted octanol–water partition coefficient (Wildman–Crippen LogP) is 6.58. The molecule has 2 aliphatic rings. The molecule has 1 atom stereocenters. The number of methoxy groups -OCH3 is 2. The second-order valence-corrected chi connectivity index (χ2v) is 10.6. The number of rotatable bonds is 6. The molecule has 1 aliphatic carbocycles. The highest BCUT2D eigenvalue weighted by atomic mass is 35.5. The number of fused-ring (bicyclic) bond motifs is 1. The van der Waals surface area contributed by atoms with Crippen LogP contribution in [0.25, 0.3) is 22.2 Å². The quantitative estimate of drug-likeness (QED) is 0.260.